The van der Waals surface area contributed by atoms with Crippen LogP contribution in [0.4, 0.5) is 0 Å². The zero-order chi connectivity index (χ0) is 16.5. The third-order valence-electron chi connectivity index (χ3n) is 4.67. The third kappa shape index (κ3) is 2.89. The van der Waals surface area contributed by atoms with E-state index in [1.54, 1.807) is 11.0 Å². The quantitative estimate of drug-likeness (QED) is 0.725. The third-order valence-corrected chi connectivity index (χ3v) is 4.67. The van der Waals surface area contributed by atoms with Gasteiger partial charge in [-0.1, -0.05) is 36.4 Å². The summed E-state index contributed by atoms with van der Waals surface area (Å²) in [6, 6.07) is 15.2. The lowest BCUT2D eigenvalue weighted by molar-refractivity contribution is -0.134. The van der Waals surface area contributed by atoms with Crippen LogP contribution < -0.4 is 0 Å². The van der Waals surface area contributed by atoms with Gasteiger partial charge in [0.1, 0.15) is 19.2 Å². The Balaban J connectivity index is 1.60. The van der Waals surface area contributed by atoms with Crippen molar-refractivity contribution in [3.63, 3.8) is 0 Å². The largest absolute Gasteiger partial charge is 0.331 e. The Bertz CT molecular complexity index is 855. The monoisotopic (exact) mass is 320 g/mol. The van der Waals surface area contributed by atoms with Crippen molar-refractivity contribution in [2.75, 3.05) is 0 Å². The molecule has 24 heavy (non-hydrogen) atoms. The lowest BCUT2D eigenvalue weighted by atomic mass is 10.0. The van der Waals surface area contributed by atoms with Crippen LogP contribution in [-0.2, 0) is 11.3 Å². The number of nitrogens with zero attached hydrogens (tertiary/aromatic N) is 4. The molecule has 0 radical (unpaired) electrons. The number of aromatic nitrogens is 3. The predicted molar refractivity (Wildman–Crippen MR) is 92.3 cm³/mol. The molecule has 1 unspecified atom stereocenters. The molecular formula is C19H20N4O. The molecule has 1 atom stereocenters. The van der Waals surface area contributed by atoms with E-state index in [9.17, 15) is 4.79 Å². The number of hydrogen-bond donors (Lipinski definition) is 0. The van der Waals surface area contributed by atoms with E-state index in [1.807, 2.05) is 17.0 Å². The van der Waals surface area contributed by atoms with Crippen LogP contribution in [0.15, 0.2) is 55.1 Å². The number of hydrogen-bond acceptors (Lipinski definition) is 3. The van der Waals surface area contributed by atoms with Crippen molar-refractivity contribution < 1.29 is 4.79 Å². The highest BCUT2D eigenvalue weighted by Gasteiger charge is 2.36. The number of fused-ring (bicyclic) bond motifs is 1. The molecule has 3 aromatic rings. The summed E-state index contributed by atoms with van der Waals surface area (Å²) in [5.74, 6) is 0.101. The summed E-state index contributed by atoms with van der Waals surface area (Å²) in [5, 5.41) is 6.48. The second-order valence-corrected chi connectivity index (χ2v) is 6.41. The van der Waals surface area contributed by atoms with Crippen LogP contribution in [0.1, 0.15) is 31.4 Å². The van der Waals surface area contributed by atoms with Gasteiger partial charge in [0.2, 0.25) is 5.91 Å². The number of benzene rings is 2. The van der Waals surface area contributed by atoms with E-state index in [-0.39, 0.29) is 18.5 Å². The van der Waals surface area contributed by atoms with Crippen molar-refractivity contribution in [3.8, 4) is 0 Å². The lowest BCUT2D eigenvalue weighted by Gasteiger charge is -2.30. The molecule has 1 heterocycles. The van der Waals surface area contributed by atoms with Crippen molar-refractivity contribution >= 4 is 16.7 Å². The fourth-order valence-corrected chi connectivity index (χ4v) is 3.25. The summed E-state index contributed by atoms with van der Waals surface area (Å²) in [4.78, 5) is 18.7. The van der Waals surface area contributed by atoms with Crippen molar-refractivity contribution in [1.29, 1.82) is 0 Å². The van der Waals surface area contributed by atoms with Crippen LogP contribution in [0.2, 0.25) is 0 Å². The van der Waals surface area contributed by atoms with Gasteiger partial charge in [-0.3, -0.25) is 4.79 Å². The molecule has 0 aliphatic heterocycles. The van der Waals surface area contributed by atoms with Gasteiger partial charge in [-0.15, -0.1) is 0 Å². The smallest absolute Gasteiger partial charge is 0.245 e. The number of rotatable bonds is 5. The molecule has 0 spiro atoms. The molecule has 0 saturated heterocycles. The molecule has 4 rings (SSSR count). The van der Waals surface area contributed by atoms with Crippen LogP contribution in [-0.4, -0.2) is 31.6 Å². The first kappa shape index (κ1) is 14.9. The Labute approximate surface area is 140 Å². The first-order valence-electron chi connectivity index (χ1n) is 8.34. The predicted octanol–water partition coefficient (Wildman–Crippen LogP) is 3.18. The van der Waals surface area contributed by atoms with Gasteiger partial charge in [0.05, 0.1) is 6.04 Å². The van der Waals surface area contributed by atoms with Gasteiger partial charge in [0.25, 0.3) is 0 Å². The molecule has 1 amide bonds. The standard InChI is InChI=1S/C19H20N4O/c1-14(16-7-6-15-4-2-3-5-17(15)10-16)23(18-8-9-18)19(24)11-22-13-20-12-21-22/h2-7,10,12-14,18H,8-9,11H2,1H3. The molecule has 5 nitrogen and oxygen atoms in total. The van der Waals surface area contributed by atoms with Crippen LogP contribution >= 0.6 is 0 Å². The van der Waals surface area contributed by atoms with Gasteiger partial charge in [-0.2, -0.15) is 5.10 Å². The second-order valence-electron chi connectivity index (χ2n) is 6.41. The molecule has 122 valence electrons. The average molecular weight is 320 g/mol. The van der Waals surface area contributed by atoms with Gasteiger partial charge >= 0.3 is 0 Å². The Morgan fingerprint density at radius 1 is 1.25 bits per heavy atom. The summed E-state index contributed by atoms with van der Waals surface area (Å²) in [6.45, 7) is 2.36. The highest BCUT2D eigenvalue weighted by molar-refractivity contribution is 5.83. The van der Waals surface area contributed by atoms with Gasteiger partial charge in [0.15, 0.2) is 0 Å². The number of amides is 1. The summed E-state index contributed by atoms with van der Waals surface area (Å²) in [6.07, 6.45) is 5.22. The van der Waals surface area contributed by atoms with Crippen LogP contribution in [0.5, 0.6) is 0 Å². The summed E-state index contributed by atoms with van der Waals surface area (Å²) >= 11 is 0. The molecule has 0 N–H and O–H groups in total. The Hall–Kier alpha value is -2.69. The van der Waals surface area contributed by atoms with E-state index in [0.717, 1.165) is 12.8 Å². The summed E-state index contributed by atoms with van der Waals surface area (Å²) < 4.78 is 1.59. The molecule has 5 heteroatoms. The van der Waals surface area contributed by atoms with Gasteiger partial charge in [-0.05, 0) is 42.2 Å². The normalized spacial score (nSPS) is 15.4. The van der Waals surface area contributed by atoms with Gasteiger partial charge < -0.3 is 4.90 Å². The van der Waals surface area contributed by atoms with E-state index in [4.69, 9.17) is 0 Å². The maximum atomic E-state index is 12.8. The SMILES string of the molecule is CC(c1ccc2ccccc2c1)N(C(=O)Cn1cncn1)C1CC1. The Morgan fingerprint density at radius 3 is 2.75 bits per heavy atom. The first-order chi connectivity index (χ1) is 11.7. The maximum absolute atomic E-state index is 12.8. The van der Waals surface area contributed by atoms with Gasteiger partial charge in [-0.25, -0.2) is 9.67 Å². The molecule has 2 aromatic carbocycles. The van der Waals surface area contributed by atoms with Gasteiger partial charge in [0, 0.05) is 6.04 Å². The highest BCUT2D eigenvalue weighted by atomic mass is 16.2. The van der Waals surface area contributed by atoms with E-state index in [0.29, 0.717) is 6.04 Å². The van der Waals surface area contributed by atoms with Crippen molar-refractivity contribution in [2.45, 2.75) is 38.4 Å². The molecule has 0 bridgehead atoms. The van der Waals surface area contributed by atoms with E-state index >= 15 is 0 Å². The fourth-order valence-electron chi connectivity index (χ4n) is 3.25. The van der Waals surface area contributed by atoms with Crippen LogP contribution in [0, 0.1) is 0 Å². The summed E-state index contributed by atoms with van der Waals surface area (Å²) in [7, 11) is 0. The first-order valence-corrected chi connectivity index (χ1v) is 8.34. The highest BCUT2D eigenvalue weighted by Crippen LogP contribution is 2.35. The second kappa shape index (κ2) is 6.07. The number of carbonyl (C=O) groups is 1. The minimum Gasteiger partial charge on any atom is -0.331 e. The number of carbonyl (C=O) groups excluding carboxylic acids is 1. The van der Waals surface area contributed by atoms with E-state index in [2.05, 4.69) is 47.3 Å². The molecule has 1 aliphatic rings. The molecule has 1 saturated carbocycles. The zero-order valence-corrected chi connectivity index (χ0v) is 13.7. The van der Waals surface area contributed by atoms with E-state index < -0.39 is 0 Å². The Morgan fingerprint density at radius 2 is 2.04 bits per heavy atom. The van der Waals surface area contributed by atoms with E-state index in [1.165, 1.54) is 22.7 Å². The minimum absolute atomic E-state index is 0.0538. The molecule has 1 aliphatic carbocycles. The fraction of sp³-hybridized carbons (Fsp3) is 0.316. The van der Waals surface area contributed by atoms with Crippen molar-refractivity contribution in [3.05, 3.63) is 60.7 Å². The Kier molecular flexibility index (Phi) is 3.76. The zero-order valence-electron chi connectivity index (χ0n) is 13.7. The lowest BCUT2D eigenvalue weighted by Crippen LogP contribution is -2.38. The molecule has 1 aromatic heterocycles. The van der Waals surface area contributed by atoms with Crippen LogP contribution in [0.25, 0.3) is 10.8 Å². The summed E-state index contributed by atoms with van der Waals surface area (Å²) in [5.41, 5.74) is 1.17. The van der Waals surface area contributed by atoms with Crippen molar-refractivity contribution in [2.24, 2.45) is 0 Å². The topological polar surface area (TPSA) is 51.0 Å². The minimum atomic E-state index is 0.0538. The van der Waals surface area contributed by atoms with Crippen molar-refractivity contribution in [1.82, 2.24) is 19.7 Å². The molecule has 1 fully saturated rings. The molecular weight excluding hydrogens is 300 g/mol. The van der Waals surface area contributed by atoms with Crippen LogP contribution in [0.3, 0.4) is 0 Å². The maximum Gasteiger partial charge on any atom is 0.245 e. The average Bonchev–Trinajstić information content (AvgIpc) is 3.30.